The van der Waals surface area contributed by atoms with Crippen molar-refractivity contribution in [1.29, 1.82) is 0 Å². The van der Waals surface area contributed by atoms with Crippen LogP contribution in [-0.4, -0.2) is 41.8 Å². The summed E-state index contributed by atoms with van der Waals surface area (Å²) in [5, 5.41) is 13.0. The fourth-order valence-corrected chi connectivity index (χ4v) is 3.61. The number of imidazole rings is 1. The van der Waals surface area contributed by atoms with E-state index in [4.69, 9.17) is 23.2 Å². The minimum atomic E-state index is -3.36. The van der Waals surface area contributed by atoms with Crippen LogP contribution in [0.5, 0.6) is 0 Å². The number of hydrogen-bond donors (Lipinski definition) is 3. The number of carboxylic acid groups (broad SMARTS) is 1. The van der Waals surface area contributed by atoms with Crippen LogP contribution in [0.25, 0.3) is 11.0 Å². The maximum atomic E-state index is 11.4. The van der Waals surface area contributed by atoms with Crippen LogP contribution in [0.1, 0.15) is 10.4 Å². The van der Waals surface area contributed by atoms with Gasteiger partial charge in [0.15, 0.2) is 0 Å². The molecule has 3 N–H and O–H groups in total. The summed E-state index contributed by atoms with van der Waals surface area (Å²) in [7, 11) is -3.36. The summed E-state index contributed by atoms with van der Waals surface area (Å²) < 4.78 is 26.9. The van der Waals surface area contributed by atoms with Gasteiger partial charge in [0.1, 0.15) is 0 Å². The van der Waals surface area contributed by atoms with Gasteiger partial charge in [-0.1, -0.05) is 29.3 Å². The Morgan fingerprint density at radius 1 is 1.21 bits per heavy atom. The molecule has 0 fully saturated rings. The standard InChI is InChI=1S/C17H16Cl2N4O4S/c1-28(26,27)20-7-8-23-14-6-5-10(16(24)25)9-13(14)21-17(23)22-15-11(18)3-2-4-12(15)19/h2-6,9,20H,7-8H2,1H3,(H,21,22)(H,24,25). The lowest BCUT2D eigenvalue weighted by Crippen LogP contribution is -2.26. The maximum absolute atomic E-state index is 11.4. The summed E-state index contributed by atoms with van der Waals surface area (Å²) in [6.07, 6.45) is 1.07. The molecule has 11 heteroatoms. The molecule has 1 heterocycles. The topological polar surface area (TPSA) is 113 Å². The van der Waals surface area contributed by atoms with Crippen molar-refractivity contribution in [3.63, 3.8) is 0 Å². The van der Waals surface area contributed by atoms with Gasteiger partial charge >= 0.3 is 5.97 Å². The van der Waals surface area contributed by atoms with Crippen LogP contribution in [0.4, 0.5) is 11.6 Å². The number of rotatable bonds is 7. The minimum absolute atomic E-state index is 0.0914. The molecule has 0 saturated carbocycles. The van der Waals surface area contributed by atoms with Crippen molar-refractivity contribution in [2.75, 3.05) is 18.1 Å². The molecule has 3 aromatic rings. The van der Waals surface area contributed by atoms with Crippen LogP contribution in [0, 0.1) is 0 Å². The van der Waals surface area contributed by atoms with Crippen LogP contribution in [0.3, 0.4) is 0 Å². The van der Waals surface area contributed by atoms with E-state index in [9.17, 15) is 18.3 Å². The van der Waals surface area contributed by atoms with Crippen molar-refractivity contribution in [3.8, 4) is 0 Å². The Bertz CT molecular complexity index is 1140. The number of fused-ring (bicyclic) bond motifs is 1. The molecule has 2 aromatic carbocycles. The van der Waals surface area contributed by atoms with Crippen molar-refractivity contribution in [3.05, 3.63) is 52.0 Å². The Labute approximate surface area is 171 Å². The first kappa shape index (κ1) is 20.4. The number of anilines is 2. The Kier molecular flexibility index (Phi) is 5.80. The number of hydrogen-bond acceptors (Lipinski definition) is 5. The SMILES string of the molecule is CS(=O)(=O)NCCn1c(Nc2c(Cl)cccc2Cl)nc2cc(C(=O)O)ccc21. The first-order chi connectivity index (χ1) is 13.2. The van der Waals surface area contributed by atoms with E-state index in [0.29, 0.717) is 32.7 Å². The summed E-state index contributed by atoms with van der Waals surface area (Å²) in [6, 6.07) is 9.54. The zero-order valence-corrected chi connectivity index (χ0v) is 16.9. The van der Waals surface area contributed by atoms with Gasteiger partial charge in [0.2, 0.25) is 16.0 Å². The van der Waals surface area contributed by atoms with Crippen LogP contribution >= 0.6 is 23.2 Å². The lowest BCUT2D eigenvalue weighted by atomic mass is 10.2. The zero-order chi connectivity index (χ0) is 20.5. The first-order valence-corrected chi connectivity index (χ1v) is 10.7. The highest BCUT2D eigenvalue weighted by Gasteiger charge is 2.16. The molecule has 0 atom stereocenters. The van der Waals surface area contributed by atoms with Gasteiger partial charge in [0.25, 0.3) is 0 Å². The van der Waals surface area contributed by atoms with Crippen LogP contribution < -0.4 is 10.0 Å². The molecule has 0 unspecified atom stereocenters. The summed E-state index contributed by atoms with van der Waals surface area (Å²) in [5.41, 5.74) is 1.60. The third kappa shape index (κ3) is 4.56. The van der Waals surface area contributed by atoms with Gasteiger partial charge in [-0.3, -0.25) is 0 Å². The van der Waals surface area contributed by atoms with Crippen LogP contribution in [0.15, 0.2) is 36.4 Å². The minimum Gasteiger partial charge on any atom is -0.478 e. The van der Waals surface area contributed by atoms with E-state index < -0.39 is 16.0 Å². The molecular formula is C17H16Cl2N4O4S. The molecule has 0 bridgehead atoms. The second kappa shape index (κ2) is 7.96. The zero-order valence-electron chi connectivity index (χ0n) is 14.6. The summed E-state index contributed by atoms with van der Waals surface area (Å²) in [5.74, 6) is -0.721. The largest absolute Gasteiger partial charge is 0.478 e. The fourth-order valence-electron chi connectivity index (χ4n) is 2.66. The lowest BCUT2D eigenvalue weighted by Gasteiger charge is -2.13. The Morgan fingerprint density at radius 2 is 1.89 bits per heavy atom. The van der Waals surface area contributed by atoms with Crippen molar-refractivity contribution in [2.24, 2.45) is 0 Å². The molecule has 0 aliphatic rings. The Hall–Kier alpha value is -2.33. The number of halogens is 2. The smallest absolute Gasteiger partial charge is 0.335 e. The van der Waals surface area contributed by atoms with Gasteiger partial charge < -0.3 is 15.0 Å². The van der Waals surface area contributed by atoms with Crippen molar-refractivity contribution in [1.82, 2.24) is 14.3 Å². The van der Waals surface area contributed by atoms with Crippen molar-refractivity contribution < 1.29 is 18.3 Å². The molecule has 8 nitrogen and oxygen atoms in total. The summed E-state index contributed by atoms with van der Waals surface area (Å²) >= 11 is 12.4. The van der Waals surface area contributed by atoms with Crippen molar-refractivity contribution >= 4 is 61.9 Å². The van der Waals surface area contributed by atoms with E-state index in [0.717, 1.165) is 6.26 Å². The van der Waals surface area contributed by atoms with E-state index in [1.807, 2.05) is 0 Å². The predicted molar refractivity (Wildman–Crippen MR) is 109 cm³/mol. The second-order valence-corrected chi connectivity index (χ2v) is 8.63. The second-order valence-electron chi connectivity index (χ2n) is 5.98. The highest BCUT2D eigenvalue weighted by Crippen LogP contribution is 2.33. The van der Waals surface area contributed by atoms with E-state index in [1.54, 1.807) is 28.8 Å². The Balaban J connectivity index is 2.05. The Morgan fingerprint density at radius 3 is 2.50 bits per heavy atom. The average Bonchev–Trinajstić information content (AvgIpc) is 2.94. The van der Waals surface area contributed by atoms with Crippen LogP contribution in [0.2, 0.25) is 10.0 Å². The van der Waals surface area contributed by atoms with Gasteiger partial charge in [-0.05, 0) is 30.3 Å². The third-order valence-electron chi connectivity index (χ3n) is 3.89. The molecule has 3 rings (SSSR count). The highest BCUT2D eigenvalue weighted by molar-refractivity contribution is 7.88. The van der Waals surface area contributed by atoms with Gasteiger partial charge in [0, 0.05) is 13.1 Å². The average molecular weight is 443 g/mol. The number of carbonyl (C=O) groups is 1. The summed E-state index contributed by atoms with van der Waals surface area (Å²) in [4.78, 5) is 15.7. The van der Waals surface area contributed by atoms with Gasteiger partial charge in [0.05, 0.1) is 38.6 Å². The predicted octanol–water partition coefficient (Wildman–Crippen LogP) is 3.33. The van der Waals surface area contributed by atoms with Gasteiger partial charge in [-0.15, -0.1) is 0 Å². The van der Waals surface area contributed by atoms with E-state index in [-0.39, 0.29) is 18.7 Å². The number of aromatic nitrogens is 2. The number of sulfonamides is 1. The normalized spacial score (nSPS) is 11.7. The quantitative estimate of drug-likeness (QED) is 0.516. The number of benzene rings is 2. The third-order valence-corrected chi connectivity index (χ3v) is 5.25. The number of carboxylic acids is 1. The molecule has 0 radical (unpaired) electrons. The molecule has 0 aliphatic heterocycles. The van der Waals surface area contributed by atoms with Gasteiger partial charge in [-0.2, -0.15) is 0 Å². The molecular weight excluding hydrogens is 427 g/mol. The van der Waals surface area contributed by atoms with E-state index in [2.05, 4.69) is 15.0 Å². The highest BCUT2D eigenvalue weighted by atomic mass is 35.5. The lowest BCUT2D eigenvalue weighted by molar-refractivity contribution is 0.0697. The molecule has 0 amide bonds. The molecule has 0 saturated heterocycles. The van der Waals surface area contributed by atoms with Crippen molar-refractivity contribution in [2.45, 2.75) is 6.54 Å². The fraction of sp³-hybridized carbons (Fsp3) is 0.176. The molecule has 28 heavy (non-hydrogen) atoms. The molecule has 148 valence electrons. The molecule has 1 aromatic heterocycles. The molecule has 0 aliphatic carbocycles. The maximum Gasteiger partial charge on any atom is 0.335 e. The molecule has 0 spiro atoms. The number of para-hydroxylation sites is 1. The van der Waals surface area contributed by atoms with Gasteiger partial charge in [-0.25, -0.2) is 22.9 Å². The van der Waals surface area contributed by atoms with E-state index >= 15 is 0 Å². The monoisotopic (exact) mass is 442 g/mol. The van der Waals surface area contributed by atoms with Crippen LogP contribution in [-0.2, 0) is 16.6 Å². The first-order valence-electron chi connectivity index (χ1n) is 8.05. The number of aromatic carboxylic acids is 1. The number of nitrogens with zero attached hydrogens (tertiary/aromatic N) is 2. The van der Waals surface area contributed by atoms with E-state index in [1.165, 1.54) is 12.1 Å². The number of nitrogens with one attached hydrogen (secondary N) is 2. The summed E-state index contributed by atoms with van der Waals surface area (Å²) in [6.45, 7) is 0.371.